The summed E-state index contributed by atoms with van der Waals surface area (Å²) in [6, 6.07) is 14.9. The van der Waals surface area contributed by atoms with Gasteiger partial charge in [-0.1, -0.05) is 37.3 Å². The van der Waals surface area contributed by atoms with Crippen molar-refractivity contribution >= 4 is 51.5 Å². The van der Waals surface area contributed by atoms with E-state index in [0.29, 0.717) is 16.3 Å². The number of para-hydroxylation sites is 3. The van der Waals surface area contributed by atoms with Crippen LogP contribution in [0.25, 0.3) is 17.0 Å². The molecule has 1 saturated heterocycles. The molecule has 2 heterocycles. The highest BCUT2D eigenvalue weighted by molar-refractivity contribution is 8.18. The first-order valence-corrected chi connectivity index (χ1v) is 11.1. The fourth-order valence-electron chi connectivity index (χ4n) is 3.67. The second-order valence-electron chi connectivity index (χ2n) is 7.31. The summed E-state index contributed by atoms with van der Waals surface area (Å²) >= 11 is 0.848. The second-order valence-corrected chi connectivity index (χ2v) is 8.30. The van der Waals surface area contributed by atoms with E-state index in [1.54, 1.807) is 30.3 Å². The Balaban J connectivity index is 1.54. The number of imide groups is 1. The van der Waals surface area contributed by atoms with Gasteiger partial charge in [0.25, 0.3) is 11.1 Å². The molecule has 0 spiro atoms. The van der Waals surface area contributed by atoms with Crippen LogP contribution in [0.1, 0.15) is 18.9 Å². The Bertz CT molecular complexity index is 1230. The number of nitrogens with one attached hydrogen (secondary N) is 1. The Morgan fingerprint density at radius 1 is 1.12 bits per heavy atom. The van der Waals surface area contributed by atoms with E-state index < -0.39 is 17.1 Å². The van der Waals surface area contributed by atoms with Crippen molar-refractivity contribution in [2.75, 3.05) is 19.0 Å². The molecule has 1 aliphatic heterocycles. The number of nitrogens with zero attached hydrogens (tertiary/aromatic N) is 2. The first-order chi connectivity index (χ1) is 15.5. The number of rotatable bonds is 7. The maximum absolute atomic E-state index is 12.9. The van der Waals surface area contributed by atoms with Crippen LogP contribution in [-0.4, -0.2) is 40.2 Å². The summed E-state index contributed by atoms with van der Waals surface area (Å²) in [6.45, 7) is 2.60. The molecule has 0 saturated carbocycles. The number of aromatic nitrogens is 1. The smallest absolute Gasteiger partial charge is 0.294 e. The normalized spacial score (nSPS) is 15.1. The lowest BCUT2D eigenvalue weighted by molar-refractivity contribution is -0.127. The lowest BCUT2D eigenvalue weighted by Gasteiger charge is -2.14. The number of ether oxygens (including phenoxy) is 1. The number of fused-ring (bicyclic) bond motifs is 1. The molecule has 0 atom stereocenters. The minimum atomic E-state index is -0.474. The van der Waals surface area contributed by atoms with Gasteiger partial charge in [0, 0.05) is 29.2 Å². The van der Waals surface area contributed by atoms with E-state index in [1.807, 2.05) is 30.5 Å². The number of anilines is 1. The van der Waals surface area contributed by atoms with E-state index in [4.69, 9.17) is 4.74 Å². The molecular weight excluding hydrogens is 426 g/mol. The molecule has 2 aromatic carbocycles. The van der Waals surface area contributed by atoms with Crippen LogP contribution in [0.5, 0.6) is 5.75 Å². The van der Waals surface area contributed by atoms with Crippen molar-refractivity contribution in [3.05, 3.63) is 65.2 Å². The molecule has 1 N–H and O–H groups in total. The molecule has 7 nitrogen and oxygen atoms in total. The van der Waals surface area contributed by atoms with Gasteiger partial charge in [0.1, 0.15) is 12.3 Å². The van der Waals surface area contributed by atoms with Crippen molar-refractivity contribution in [2.45, 2.75) is 19.9 Å². The Labute approximate surface area is 190 Å². The standard InChI is InChI=1S/C24H23N3O4S/c1-3-12-26-14-16(17-8-4-6-10-19(17)26)13-21-23(29)27(24(30)32-21)15-22(28)25-18-9-5-7-11-20(18)31-2/h4-11,13-14H,3,12,15H2,1-2H3,(H,25,28)/b21-13-. The van der Waals surface area contributed by atoms with E-state index in [9.17, 15) is 14.4 Å². The predicted octanol–water partition coefficient (Wildman–Crippen LogP) is 4.73. The topological polar surface area (TPSA) is 80.6 Å². The van der Waals surface area contributed by atoms with Crippen LogP contribution in [0.15, 0.2) is 59.6 Å². The quantitative estimate of drug-likeness (QED) is 0.527. The number of hydrogen-bond donors (Lipinski definition) is 1. The zero-order valence-electron chi connectivity index (χ0n) is 17.8. The van der Waals surface area contributed by atoms with Gasteiger partial charge in [0.05, 0.1) is 17.7 Å². The van der Waals surface area contributed by atoms with Gasteiger partial charge < -0.3 is 14.6 Å². The largest absolute Gasteiger partial charge is 0.495 e. The highest BCUT2D eigenvalue weighted by Crippen LogP contribution is 2.34. The summed E-state index contributed by atoms with van der Waals surface area (Å²) in [5, 5.41) is 3.24. The molecule has 4 rings (SSSR count). The minimum Gasteiger partial charge on any atom is -0.495 e. The van der Waals surface area contributed by atoms with Crippen molar-refractivity contribution in [3.8, 4) is 5.75 Å². The average molecular weight is 450 g/mol. The van der Waals surface area contributed by atoms with Gasteiger partial charge in [-0.2, -0.15) is 0 Å². The monoisotopic (exact) mass is 449 g/mol. The SMILES string of the molecule is CCCn1cc(/C=C2\SC(=O)N(CC(=O)Nc3ccccc3OC)C2=O)c2ccccc21. The van der Waals surface area contributed by atoms with Crippen LogP contribution in [0.2, 0.25) is 0 Å². The molecule has 0 unspecified atom stereocenters. The number of aryl methyl sites for hydroxylation is 1. The summed E-state index contributed by atoms with van der Waals surface area (Å²) in [6.07, 6.45) is 4.71. The first kappa shape index (κ1) is 21.7. The fraction of sp³-hybridized carbons (Fsp3) is 0.208. The van der Waals surface area contributed by atoms with Gasteiger partial charge in [-0.25, -0.2) is 0 Å². The minimum absolute atomic E-state index is 0.305. The van der Waals surface area contributed by atoms with Crippen LogP contribution in [0, 0.1) is 0 Å². The van der Waals surface area contributed by atoms with Crippen LogP contribution in [-0.2, 0) is 16.1 Å². The molecular formula is C24H23N3O4S. The second kappa shape index (κ2) is 9.32. The van der Waals surface area contributed by atoms with Crippen LogP contribution >= 0.6 is 11.8 Å². The summed E-state index contributed by atoms with van der Waals surface area (Å²) < 4.78 is 7.36. The number of benzene rings is 2. The van der Waals surface area contributed by atoms with Crippen molar-refractivity contribution in [1.29, 1.82) is 0 Å². The number of carbonyl (C=O) groups is 3. The zero-order valence-corrected chi connectivity index (χ0v) is 18.6. The van der Waals surface area contributed by atoms with E-state index in [0.717, 1.165) is 46.1 Å². The maximum atomic E-state index is 12.9. The third kappa shape index (κ3) is 4.27. The molecule has 1 fully saturated rings. The van der Waals surface area contributed by atoms with E-state index in [1.165, 1.54) is 7.11 Å². The van der Waals surface area contributed by atoms with Crippen molar-refractivity contribution in [1.82, 2.24) is 9.47 Å². The molecule has 0 radical (unpaired) electrons. The number of thioether (sulfide) groups is 1. The molecule has 164 valence electrons. The number of methoxy groups -OCH3 is 1. The number of carbonyl (C=O) groups excluding carboxylic acids is 3. The zero-order chi connectivity index (χ0) is 22.7. The highest BCUT2D eigenvalue weighted by atomic mass is 32.2. The number of amides is 3. The Morgan fingerprint density at radius 2 is 1.88 bits per heavy atom. The molecule has 0 bridgehead atoms. The third-order valence-electron chi connectivity index (χ3n) is 5.13. The Morgan fingerprint density at radius 3 is 2.66 bits per heavy atom. The summed E-state index contributed by atoms with van der Waals surface area (Å²) in [4.78, 5) is 39.2. The van der Waals surface area contributed by atoms with E-state index in [2.05, 4.69) is 16.8 Å². The molecule has 8 heteroatoms. The molecule has 1 aliphatic rings. The summed E-state index contributed by atoms with van der Waals surface area (Å²) in [5.74, 6) is -0.446. The summed E-state index contributed by atoms with van der Waals surface area (Å²) in [7, 11) is 1.50. The van der Waals surface area contributed by atoms with Crippen molar-refractivity contribution in [2.24, 2.45) is 0 Å². The molecule has 3 aromatic rings. The van der Waals surface area contributed by atoms with Gasteiger partial charge in [0.15, 0.2) is 0 Å². The van der Waals surface area contributed by atoms with Crippen LogP contribution in [0.3, 0.4) is 0 Å². The predicted molar refractivity (Wildman–Crippen MR) is 127 cm³/mol. The summed E-state index contributed by atoms with van der Waals surface area (Å²) in [5.41, 5.74) is 2.43. The van der Waals surface area contributed by atoms with Crippen LogP contribution in [0.4, 0.5) is 10.5 Å². The van der Waals surface area contributed by atoms with E-state index in [-0.39, 0.29) is 6.54 Å². The van der Waals surface area contributed by atoms with E-state index >= 15 is 0 Å². The van der Waals surface area contributed by atoms with Gasteiger partial charge in [0.2, 0.25) is 5.91 Å². The Kier molecular flexibility index (Phi) is 6.32. The average Bonchev–Trinajstić information content (AvgIpc) is 3.27. The Hall–Kier alpha value is -3.52. The molecule has 32 heavy (non-hydrogen) atoms. The molecule has 3 amide bonds. The molecule has 0 aliphatic carbocycles. The maximum Gasteiger partial charge on any atom is 0.294 e. The third-order valence-corrected chi connectivity index (χ3v) is 6.03. The van der Waals surface area contributed by atoms with Gasteiger partial charge in [-0.05, 0) is 42.5 Å². The van der Waals surface area contributed by atoms with Crippen molar-refractivity contribution < 1.29 is 19.1 Å². The molecule has 1 aromatic heterocycles. The first-order valence-electron chi connectivity index (χ1n) is 10.3. The lowest BCUT2D eigenvalue weighted by atomic mass is 10.1. The lowest BCUT2D eigenvalue weighted by Crippen LogP contribution is -2.36. The van der Waals surface area contributed by atoms with Crippen LogP contribution < -0.4 is 10.1 Å². The number of hydrogen-bond acceptors (Lipinski definition) is 5. The van der Waals surface area contributed by atoms with Crippen molar-refractivity contribution in [3.63, 3.8) is 0 Å². The highest BCUT2D eigenvalue weighted by Gasteiger charge is 2.36. The van der Waals surface area contributed by atoms with Gasteiger partial charge >= 0.3 is 0 Å². The van der Waals surface area contributed by atoms with Gasteiger partial charge in [-0.15, -0.1) is 0 Å². The van der Waals surface area contributed by atoms with Gasteiger partial charge in [-0.3, -0.25) is 19.3 Å². The fourth-order valence-corrected chi connectivity index (χ4v) is 4.50.